The van der Waals surface area contributed by atoms with Gasteiger partial charge in [0.05, 0.1) is 50.6 Å². The fraction of sp³-hybridized carbons (Fsp3) is 0.389. The normalized spacial score (nSPS) is 17.7. The number of hydrogen-bond acceptors (Lipinski definition) is 8. The zero-order valence-corrected chi connectivity index (χ0v) is 28.4. The van der Waals surface area contributed by atoms with Crippen molar-refractivity contribution in [2.45, 2.75) is 51.2 Å². The second-order valence-electron chi connectivity index (χ2n) is 12.6. The van der Waals surface area contributed by atoms with Gasteiger partial charge in [0.25, 0.3) is 0 Å². The van der Waals surface area contributed by atoms with E-state index in [1.54, 1.807) is 11.1 Å². The summed E-state index contributed by atoms with van der Waals surface area (Å²) >= 11 is 0. The number of fused-ring (bicyclic) bond motifs is 2. The van der Waals surface area contributed by atoms with Gasteiger partial charge in [0.2, 0.25) is 11.8 Å². The highest BCUT2D eigenvalue weighted by Crippen LogP contribution is 2.49. The van der Waals surface area contributed by atoms with E-state index in [2.05, 4.69) is 71.5 Å². The third kappa shape index (κ3) is 7.48. The Morgan fingerprint density at radius 1 is 0.820 bits per heavy atom. The maximum absolute atomic E-state index is 13.1. The number of ether oxygens (including phenoxy) is 2. The molecule has 3 atom stereocenters. The summed E-state index contributed by atoms with van der Waals surface area (Å²) in [6, 6.07) is 16.4. The molecule has 6 rings (SSSR count). The largest absolute Gasteiger partial charge is 0.453 e. The van der Waals surface area contributed by atoms with E-state index in [1.807, 2.05) is 30.2 Å². The van der Waals surface area contributed by atoms with Crippen LogP contribution in [0.4, 0.5) is 9.59 Å². The molecule has 2 fully saturated rings. The number of H-pyrrole nitrogens is 2. The molecule has 1 saturated carbocycles. The molecule has 4 amide bonds. The molecule has 1 aliphatic carbocycles. The van der Waals surface area contributed by atoms with Gasteiger partial charge in [-0.15, -0.1) is 0 Å². The van der Waals surface area contributed by atoms with E-state index in [0.29, 0.717) is 24.8 Å². The molecule has 262 valence electrons. The lowest BCUT2D eigenvalue weighted by Crippen LogP contribution is -2.45. The maximum Gasteiger partial charge on any atom is 0.407 e. The number of hydrogen-bond donors (Lipinski definition) is 4. The van der Waals surface area contributed by atoms with Crippen molar-refractivity contribution in [3.8, 4) is 33.6 Å². The number of alkyl carbamates (subject to hydrolysis) is 2. The molecular formula is C36H42N8O6. The van der Waals surface area contributed by atoms with Crippen LogP contribution in [0.3, 0.4) is 0 Å². The van der Waals surface area contributed by atoms with Gasteiger partial charge in [0.1, 0.15) is 24.7 Å². The van der Waals surface area contributed by atoms with Crippen LogP contribution in [-0.2, 0) is 25.6 Å². The first-order valence-corrected chi connectivity index (χ1v) is 16.8. The summed E-state index contributed by atoms with van der Waals surface area (Å²) < 4.78 is 9.18. The zero-order chi connectivity index (χ0) is 35.2. The number of imidazole rings is 2. The van der Waals surface area contributed by atoms with Crippen molar-refractivity contribution in [3.63, 3.8) is 0 Å². The van der Waals surface area contributed by atoms with Gasteiger partial charge in [0, 0.05) is 12.6 Å². The summed E-state index contributed by atoms with van der Waals surface area (Å²) in [6.07, 6.45) is 6.01. The minimum Gasteiger partial charge on any atom is -0.453 e. The van der Waals surface area contributed by atoms with E-state index in [0.717, 1.165) is 65.1 Å². The number of benzene rings is 2. The molecule has 0 unspecified atom stereocenters. The van der Waals surface area contributed by atoms with Gasteiger partial charge in [-0.3, -0.25) is 9.59 Å². The molecule has 0 radical (unpaired) electrons. The van der Waals surface area contributed by atoms with E-state index in [1.165, 1.54) is 14.2 Å². The van der Waals surface area contributed by atoms with Crippen molar-refractivity contribution in [2.24, 2.45) is 5.92 Å². The predicted molar refractivity (Wildman–Crippen MR) is 184 cm³/mol. The molecule has 3 heterocycles. The number of amides is 4. The monoisotopic (exact) mass is 682 g/mol. The Balaban J connectivity index is 1.09. The summed E-state index contributed by atoms with van der Waals surface area (Å²) in [5, 5.41) is 4.95. The van der Waals surface area contributed by atoms with Crippen LogP contribution < -0.4 is 10.6 Å². The Morgan fingerprint density at radius 2 is 1.40 bits per heavy atom. The van der Waals surface area contributed by atoms with Gasteiger partial charge in [-0.2, -0.15) is 0 Å². The quantitative estimate of drug-likeness (QED) is 0.167. The first kappa shape index (κ1) is 34.2. The lowest BCUT2D eigenvalue weighted by atomic mass is 9.98. The Kier molecular flexibility index (Phi) is 10.4. The Morgan fingerprint density at radius 3 is 2.02 bits per heavy atom. The molecule has 2 aromatic carbocycles. The van der Waals surface area contributed by atoms with Gasteiger partial charge < -0.3 is 39.9 Å². The molecule has 4 N–H and O–H groups in total. The van der Waals surface area contributed by atoms with Crippen LogP contribution in [0.15, 0.2) is 60.9 Å². The van der Waals surface area contributed by atoms with E-state index >= 15 is 0 Å². The van der Waals surface area contributed by atoms with Crippen molar-refractivity contribution in [2.75, 3.05) is 33.9 Å². The molecule has 2 aliphatic rings. The zero-order valence-electron chi connectivity index (χ0n) is 28.4. The second kappa shape index (κ2) is 15.3. The molecule has 2 aromatic heterocycles. The summed E-state index contributed by atoms with van der Waals surface area (Å²) in [5.41, 5.74) is 5.77. The van der Waals surface area contributed by atoms with Crippen LogP contribution in [0.1, 0.15) is 50.3 Å². The summed E-state index contributed by atoms with van der Waals surface area (Å²) in [6.45, 7) is 2.56. The lowest BCUT2D eigenvalue weighted by molar-refractivity contribution is -0.135. The highest BCUT2D eigenvalue weighted by atomic mass is 16.5. The van der Waals surface area contributed by atoms with Crippen molar-refractivity contribution < 1.29 is 28.7 Å². The van der Waals surface area contributed by atoms with Crippen LogP contribution in [-0.4, -0.2) is 93.6 Å². The van der Waals surface area contributed by atoms with Crippen LogP contribution in [0.5, 0.6) is 0 Å². The molecule has 0 spiro atoms. The third-order valence-electron chi connectivity index (χ3n) is 9.43. The van der Waals surface area contributed by atoms with Crippen LogP contribution >= 0.6 is 0 Å². The van der Waals surface area contributed by atoms with Gasteiger partial charge >= 0.3 is 12.2 Å². The number of nitrogens with zero attached hydrogens (tertiary/aromatic N) is 4. The number of rotatable bonds is 12. The number of piperidine rings is 1. The van der Waals surface area contributed by atoms with Crippen molar-refractivity contribution >= 4 is 24.0 Å². The lowest BCUT2D eigenvalue weighted by Gasteiger charge is -2.34. The van der Waals surface area contributed by atoms with Crippen LogP contribution in [0.2, 0.25) is 0 Å². The molecule has 4 aromatic rings. The molecule has 1 saturated heterocycles. The predicted octanol–water partition coefficient (Wildman–Crippen LogP) is 4.64. The first-order valence-electron chi connectivity index (χ1n) is 16.8. The number of carbonyl (C=O) groups is 4. The third-order valence-corrected chi connectivity index (χ3v) is 9.43. The fourth-order valence-electron chi connectivity index (χ4n) is 6.99. The molecule has 50 heavy (non-hydrogen) atoms. The number of methoxy groups -OCH3 is 2. The summed E-state index contributed by atoms with van der Waals surface area (Å²) in [4.78, 5) is 68.2. The summed E-state index contributed by atoms with van der Waals surface area (Å²) in [5.74, 6) is 1.40. The van der Waals surface area contributed by atoms with E-state index in [4.69, 9.17) is 4.98 Å². The smallest absolute Gasteiger partial charge is 0.407 e. The second-order valence-corrected chi connectivity index (χ2v) is 12.6. The average molecular weight is 683 g/mol. The SMILES string of the molecule is CCCN(Cc1ncc(-c2ccc(-c3ccc(-c4cnc([C@@H]5[C@H]6CC[C@H](C6)N5C(=O)CNC(=O)OC)[nH]4)cc3)cc2)[nH]1)C(=O)CNC(=O)OC. The number of aromatic nitrogens is 4. The molecule has 2 bridgehead atoms. The average Bonchev–Trinajstić information content (AvgIpc) is 3.98. The Labute approximate surface area is 290 Å². The Bertz CT molecular complexity index is 1820. The minimum absolute atomic E-state index is 0.107. The van der Waals surface area contributed by atoms with Crippen LogP contribution in [0.25, 0.3) is 33.6 Å². The number of carbonyl (C=O) groups excluding carboxylic acids is 4. The van der Waals surface area contributed by atoms with E-state index in [-0.39, 0.29) is 37.0 Å². The highest BCUT2D eigenvalue weighted by molar-refractivity contribution is 5.83. The topological polar surface area (TPSA) is 175 Å². The Hall–Kier alpha value is -5.66. The van der Waals surface area contributed by atoms with Crippen LogP contribution in [0, 0.1) is 5.92 Å². The molecular weight excluding hydrogens is 640 g/mol. The summed E-state index contributed by atoms with van der Waals surface area (Å²) in [7, 11) is 2.53. The number of nitrogens with one attached hydrogen (secondary N) is 4. The van der Waals surface area contributed by atoms with Gasteiger partial charge in [-0.05, 0) is 53.9 Å². The maximum atomic E-state index is 13.1. The first-order chi connectivity index (χ1) is 24.3. The molecule has 1 aliphatic heterocycles. The standard InChI is InChI=1S/C36H42N8O6/c1-4-15-43(31(45)19-39-35(47)49-2)21-30-37-17-28(41-30)24-9-5-22(6-10-24)23-7-11-25(12-8-23)29-18-38-34(42-29)33-26-13-14-27(16-26)44(33)32(46)20-40-36(48)50-3/h5-12,17-18,26-27,33H,4,13-16,19-21H2,1-3H3,(H,37,41)(H,38,42)(H,39,47)(H,40,48)/t26-,27+,33-/m0/s1. The van der Waals surface area contributed by atoms with E-state index < -0.39 is 12.2 Å². The fourth-order valence-corrected chi connectivity index (χ4v) is 6.99. The van der Waals surface area contributed by atoms with E-state index in [9.17, 15) is 19.2 Å². The van der Waals surface area contributed by atoms with Gasteiger partial charge in [-0.25, -0.2) is 19.6 Å². The van der Waals surface area contributed by atoms with Crippen molar-refractivity contribution in [1.29, 1.82) is 0 Å². The minimum atomic E-state index is -0.650. The number of likely N-dealkylation sites (tertiary alicyclic amines) is 1. The van der Waals surface area contributed by atoms with Crippen molar-refractivity contribution in [3.05, 3.63) is 72.6 Å². The van der Waals surface area contributed by atoms with Crippen molar-refractivity contribution in [1.82, 2.24) is 40.4 Å². The van der Waals surface area contributed by atoms with Gasteiger partial charge in [-0.1, -0.05) is 55.5 Å². The van der Waals surface area contributed by atoms with Gasteiger partial charge in [0.15, 0.2) is 0 Å². The molecule has 14 heteroatoms. The highest BCUT2D eigenvalue weighted by Gasteiger charge is 2.49. The molecule has 14 nitrogen and oxygen atoms in total. The number of aromatic amines is 2.